The van der Waals surface area contributed by atoms with Crippen molar-refractivity contribution in [1.29, 1.82) is 0 Å². The smallest absolute Gasteiger partial charge is 0.00990 e. The van der Waals surface area contributed by atoms with Crippen LogP contribution in [-0.2, 0) is 25.7 Å². The molecular formula is C125H125Br5Cl2Sn. The van der Waals surface area contributed by atoms with Gasteiger partial charge in [-0.05, 0) is 297 Å². The zero-order valence-electron chi connectivity index (χ0n) is 78.0. The van der Waals surface area contributed by atoms with Crippen LogP contribution in [0, 0.1) is 35.5 Å². The molecule has 133 heavy (non-hydrogen) atoms. The summed E-state index contributed by atoms with van der Waals surface area (Å²) in [6.45, 7) is 10.5. The van der Waals surface area contributed by atoms with Crippen LogP contribution >= 0.6 is 103 Å². The number of unbranched alkanes of at least 4 members (excludes halogenated alkanes) is 3. The Morgan fingerprint density at radius 1 is 0.323 bits per heavy atom. The number of alkyl halides is 2. The molecule has 0 radical (unpaired) electrons. The first kappa shape index (κ1) is 97.0. The number of hydrogen-bond acceptors (Lipinski definition) is 0. The van der Waals surface area contributed by atoms with Gasteiger partial charge >= 0.3 is 142 Å². The molecule has 0 amide bonds. The molecule has 12 aromatic carbocycles. The van der Waals surface area contributed by atoms with Crippen LogP contribution in [0.15, 0.2) is 340 Å². The van der Waals surface area contributed by atoms with Crippen molar-refractivity contribution in [2.75, 3.05) is 0 Å². The fraction of sp³-hybridized carbons (Fsp3) is 0.296. The Labute approximate surface area is 850 Å². The van der Waals surface area contributed by atoms with Gasteiger partial charge < -0.3 is 0 Å². The average molecular weight is 2220 g/mol. The molecule has 4 atom stereocenters. The van der Waals surface area contributed by atoms with E-state index in [4.69, 9.17) is 23.2 Å². The maximum absolute atomic E-state index is 5.30. The third kappa shape index (κ3) is 22.9. The van der Waals surface area contributed by atoms with Crippen molar-refractivity contribution in [2.45, 2.75) is 194 Å². The molecule has 0 N–H and O–H groups in total. The Balaban J connectivity index is 0.000000114. The number of benzene rings is 12. The van der Waals surface area contributed by atoms with Crippen LogP contribution in [0.3, 0.4) is 0 Å². The van der Waals surface area contributed by atoms with Gasteiger partial charge in [0.2, 0.25) is 0 Å². The summed E-state index contributed by atoms with van der Waals surface area (Å²) in [5.41, 5.74) is 42.3. The van der Waals surface area contributed by atoms with Crippen molar-refractivity contribution in [1.82, 2.24) is 0 Å². The summed E-state index contributed by atoms with van der Waals surface area (Å²) < 4.78 is 9.47. The Morgan fingerprint density at radius 2 is 0.602 bits per heavy atom. The molecule has 0 nitrogen and oxygen atoms in total. The van der Waals surface area contributed by atoms with Gasteiger partial charge in [0.1, 0.15) is 4.33 Å². The minimum atomic E-state index is -2.15. The van der Waals surface area contributed by atoms with Gasteiger partial charge in [-0.1, -0.05) is 364 Å². The number of allylic oxidation sites excluding steroid dienone is 6. The van der Waals surface area contributed by atoms with E-state index in [2.05, 4.69) is 392 Å². The first-order valence-electron chi connectivity index (χ1n) is 49.4. The molecule has 0 spiro atoms. The topological polar surface area (TPSA) is 0 Å². The maximum Gasteiger partial charge on any atom is -0.00990 e. The average Bonchev–Trinajstić information content (AvgIpc) is 1.58. The van der Waals surface area contributed by atoms with Crippen LogP contribution in [0.1, 0.15) is 239 Å². The number of rotatable bonds is 16. The second kappa shape index (κ2) is 45.7. The number of halogens is 7. The van der Waals surface area contributed by atoms with Crippen molar-refractivity contribution < 1.29 is 0 Å². The fourth-order valence-corrected chi connectivity index (χ4v) is 42.8. The van der Waals surface area contributed by atoms with Crippen molar-refractivity contribution >= 4 is 168 Å². The van der Waals surface area contributed by atoms with Gasteiger partial charge in [-0.25, -0.2) is 0 Å². The van der Waals surface area contributed by atoms with Gasteiger partial charge in [-0.2, -0.15) is 0 Å². The molecule has 11 aliphatic carbocycles. The van der Waals surface area contributed by atoms with Gasteiger partial charge in [0, 0.05) is 22.0 Å². The molecule has 0 aromatic heterocycles. The van der Waals surface area contributed by atoms with E-state index in [-0.39, 0.29) is 0 Å². The van der Waals surface area contributed by atoms with Crippen LogP contribution in [0.5, 0.6) is 0 Å². The van der Waals surface area contributed by atoms with Crippen LogP contribution in [0.25, 0.3) is 80.0 Å². The van der Waals surface area contributed by atoms with Gasteiger partial charge in [0.05, 0.1) is 6.78 Å². The second-order valence-corrected chi connectivity index (χ2v) is 60.6. The van der Waals surface area contributed by atoms with Crippen molar-refractivity contribution in [3.05, 3.63) is 429 Å². The monoisotopic (exact) mass is 2210 g/mol. The predicted octanol–water partition coefficient (Wildman–Crippen LogP) is 39.2. The summed E-state index contributed by atoms with van der Waals surface area (Å²) in [4.78, 5) is 0. The molecule has 8 heteroatoms. The van der Waals surface area contributed by atoms with Crippen LogP contribution in [0.2, 0.25) is 13.3 Å². The minimum absolute atomic E-state index is 0.556. The maximum atomic E-state index is 5.30. The third-order valence-corrected chi connectivity index (χ3v) is 47.9. The van der Waals surface area contributed by atoms with Gasteiger partial charge in [-0.15, -0.1) is 23.2 Å². The first-order chi connectivity index (χ1) is 64.9. The molecule has 4 saturated carbocycles. The fourth-order valence-electron chi connectivity index (χ4n) is 23.8. The third-order valence-electron chi connectivity index (χ3n) is 29.8. The summed E-state index contributed by atoms with van der Waals surface area (Å²) in [5, 5.41) is 0. The quantitative estimate of drug-likeness (QED) is 0.0668. The summed E-state index contributed by atoms with van der Waals surface area (Å²) in [5.74, 6) is 5.73. The van der Waals surface area contributed by atoms with Gasteiger partial charge in [0.15, 0.2) is 0 Å². The number of hydrogen-bond donors (Lipinski definition) is 0. The largest absolute Gasteiger partial charge is 0.0616 e. The molecule has 0 saturated heterocycles. The first-order valence-corrected chi connectivity index (χ1v) is 61.6. The molecule has 4 unspecified atom stereocenters. The zero-order valence-corrected chi connectivity index (χ0v) is 90.3. The molecule has 0 heterocycles. The van der Waals surface area contributed by atoms with E-state index in [1.165, 1.54) is 266 Å². The SMILES string of the molecule is BrC(Br)=C(c1ccccc1)c1ccccc1.BrC(Br)=C1c2ccccc2-c2ccccc21.BrC1=Cc2ccccc2C1.C1=C(C(C2=Cc3ccccc3C2)=C2c3ccccc3-c3ccccc32)Cc2ccccc21.CC(C)(Cl)Cl.CCC[CH2][Sn]([CH2]CCC)([CH2]CCC)[C]1=Cc2ccccc2C1.c1ccc2c(c1)C(=C(C1CC3CCCCC3C1)C1CC3CCCCC3C1)c1ccccc1-2. The van der Waals surface area contributed by atoms with E-state index in [0.29, 0.717) is 0 Å². The Morgan fingerprint density at radius 3 is 0.910 bits per heavy atom. The summed E-state index contributed by atoms with van der Waals surface area (Å²) in [6.07, 6.45) is 40.4. The molecule has 678 valence electrons. The van der Waals surface area contributed by atoms with E-state index < -0.39 is 22.7 Å². The van der Waals surface area contributed by atoms with Crippen molar-refractivity contribution in [2.24, 2.45) is 35.5 Å². The van der Waals surface area contributed by atoms with Crippen LogP contribution in [0.4, 0.5) is 0 Å². The van der Waals surface area contributed by atoms with Crippen molar-refractivity contribution in [3.8, 4) is 33.4 Å². The Hall–Kier alpha value is -7.66. The normalized spacial score (nSPS) is 18.6. The van der Waals surface area contributed by atoms with Gasteiger partial charge in [-0.3, -0.25) is 0 Å². The van der Waals surface area contributed by atoms with E-state index in [1.54, 1.807) is 49.4 Å². The Bertz CT molecular complexity index is 6040. The van der Waals surface area contributed by atoms with E-state index in [9.17, 15) is 0 Å². The standard InChI is InChI=1S/C32H38.C32H22.C14H8Br2.C14H10Br2.C9H7Br.C9H7.3C4H9.C3H6Cl2.Sn/c2*1-2-10-22-18-25(17-21(22)9-1)31(26-19-23-11-3-4-12-24(23)20-26)32-29-15-7-5-13-27(29)28-14-6-8-16-30(28)32;15-14(16)13-11-7-3-1-5-9(11)10-6-2-4-8-12(10)13;15-14(16)13(11-7-3-1-4-8-11)12-9-5-2-6-10-12;10-9-5-7-3-1-2-4-8(7)6-9;1-2-5-9-7-3-6-8(9)4-1;3*1-3-4-2;1-3(2,4)5;/h5-8,13-16,21-26H,1-4,9-12,17-20H2;1-17,19H,18,20H2;1-8H;1-10H;1-5H,6H2;1-2,4-6H,7H2;3*1,3-4H2,2H3;1-2H3;. The summed E-state index contributed by atoms with van der Waals surface area (Å²) >= 11 is 26.0. The predicted molar refractivity (Wildman–Crippen MR) is 597 cm³/mol. The van der Waals surface area contributed by atoms with Crippen LogP contribution < -0.4 is 0 Å². The van der Waals surface area contributed by atoms with E-state index in [1.807, 2.05) is 45.6 Å². The minimum Gasteiger partial charge on any atom is -0.0616 e. The second-order valence-electron chi connectivity index (χ2n) is 38.8. The molecule has 12 aromatic rings. The summed E-state index contributed by atoms with van der Waals surface area (Å²) in [6, 6.07) is 109. The van der Waals surface area contributed by atoms with Gasteiger partial charge in [0.25, 0.3) is 0 Å². The molecule has 23 rings (SSSR count). The molecule has 0 aliphatic heterocycles. The molecular weight excluding hydrogens is 2090 g/mol. The summed E-state index contributed by atoms with van der Waals surface area (Å²) in [7, 11) is 0. The molecule has 11 aliphatic rings. The Kier molecular flexibility index (Phi) is 33.4. The van der Waals surface area contributed by atoms with E-state index in [0.717, 1.165) is 61.6 Å². The molecule has 4 fully saturated rings. The van der Waals surface area contributed by atoms with Crippen LogP contribution in [-0.4, -0.2) is 22.7 Å². The molecule has 0 bridgehead atoms. The van der Waals surface area contributed by atoms with Crippen molar-refractivity contribution in [3.63, 3.8) is 0 Å². The van der Waals surface area contributed by atoms with E-state index >= 15 is 0 Å². The number of fused-ring (bicyclic) bond motifs is 15. The zero-order chi connectivity index (χ0) is 92.0.